The molecule has 116 valence electrons. The highest BCUT2D eigenvalue weighted by molar-refractivity contribution is 14.0. The van der Waals surface area contributed by atoms with Gasteiger partial charge in [0.25, 0.3) is 0 Å². The van der Waals surface area contributed by atoms with Crippen molar-refractivity contribution in [1.29, 1.82) is 0 Å². The molecule has 21 heavy (non-hydrogen) atoms. The molecular weight excluding hydrogens is 375 g/mol. The standard InChI is InChI=1S/C16H24N4.HI/c1-13(2)19-16(17-3)18-12-14-6-8-15(9-7-14)20-10-4-5-11-20;/h4-9,13H,10-12H2,1-3H3,(H2,17,18,19);1H. The van der Waals surface area contributed by atoms with Gasteiger partial charge in [0.05, 0.1) is 0 Å². The maximum atomic E-state index is 4.20. The fraction of sp³-hybridized carbons (Fsp3) is 0.438. The van der Waals surface area contributed by atoms with Gasteiger partial charge >= 0.3 is 0 Å². The summed E-state index contributed by atoms with van der Waals surface area (Å²) in [5.74, 6) is 0.841. The first kappa shape index (κ1) is 17.8. The molecule has 0 amide bonds. The number of hydrogen-bond acceptors (Lipinski definition) is 2. The van der Waals surface area contributed by atoms with Crippen LogP contribution in [0.15, 0.2) is 41.4 Å². The van der Waals surface area contributed by atoms with Crippen LogP contribution in [0.1, 0.15) is 19.4 Å². The van der Waals surface area contributed by atoms with Crippen LogP contribution in [0.25, 0.3) is 0 Å². The van der Waals surface area contributed by atoms with E-state index < -0.39 is 0 Å². The van der Waals surface area contributed by atoms with Gasteiger partial charge in [-0.3, -0.25) is 4.99 Å². The summed E-state index contributed by atoms with van der Waals surface area (Å²) in [6.07, 6.45) is 4.41. The number of aliphatic imine (C=N–C) groups is 1. The molecule has 0 saturated heterocycles. The molecule has 1 aliphatic heterocycles. The van der Waals surface area contributed by atoms with E-state index in [4.69, 9.17) is 0 Å². The largest absolute Gasteiger partial charge is 0.364 e. The Labute approximate surface area is 144 Å². The molecule has 0 fully saturated rings. The van der Waals surface area contributed by atoms with Gasteiger partial charge in [0.1, 0.15) is 0 Å². The second kappa shape index (κ2) is 8.92. The first-order valence-corrected chi connectivity index (χ1v) is 7.15. The minimum atomic E-state index is 0. The molecule has 0 saturated carbocycles. The van der Waals surface area contributed by atoms with Gasteiger partial charge in [-0.25, -0.2) is 0 Å². The summed E-state index contributed by atoms with van der Waals surface area (Å²) >= 11 is 0. The molecule has 2 rings (SSSR count). The monoisotopic (exact) mass is 400 g/mol. The molecule has 5 heteroatoms. The summed E-state index contributed by atoms with van der Waals surface area (Å²) < 4.78 is 0. The second-order valence-electron chi connectivity index (χ2n) is 5.27. The van der Waals surface area contributed by atoms with Crippen molar-refractivity contribution in [1.82, 2.24) is 10.6 Å². The smallest absolute Gasteiger partial charge is 0.191 e. The van der Waals surface area contributed by atoms with E-state index in [1.807, 2.05) is 0 Å². The fourth-order valence-corrected chi connectivity index (χ4v) is 2.17. The number of hydrogen-bond donors (Lipinski definition) is 2. The third-order valence-corrected chi connectivity index (χ3v) is 3.23. The van der Waals surface area contributed by atoms with Gasteiger partial charge in [0.15, 0.2) is 5.96 Å². The zero-order chi connectivity index (χ0) is 14.4. The first-order chi connectivity index (χ1) is 9.69. The lowest BCUT2D eigenvalue weighted by molar-refractivity contribution is 0.699. The Hall–Kier alpha value is -1.24. The lowest BCUT2D eigenvalue weighted by atomic mass is 10.2. The van der Waals surface area contributed by atoms with Gasteiger partial charge in [-0.1, -0.05) is 24.3 Å². The molecule has 1 aromatic carbocycles. The average molecular weight is 400 g/mol. The molecule has 2 N–H and O–H groups in total. The van der Waals surface area contributed by atoms with Crippen LogP contribution in [0, 0.1) is 0 Å². The van der Waals surface area contributed by atoms with E-state index in [0.717, 1.165) is 25.6 Å². The molecule has 0 unspecified atom stereocenters. The van der Waals surface area contributed by atoms with Gasteiger partial charge in [0, 0.05) is 38.4 Å². The third-order valence-electron chi connectivity index (χ3n) is 3.23. The highest BCUT2D eigenvalue weighted by Gasteiger charge is 2.07. The SMILES string of the molecule is CN=C(NCc1ccc(N2CC=CC2)cc1)NC(C)C.I. The number of guanidine groups is 1. The maximum Gasteiger partial charge on any atom is 0.191 e. The van der Waals surface area contributed by atoms with Gasteiger partial charge in [0.2, 0.25) is 0 Å². The summed E-state index contributed by atoms with van der Waals surface area (Å²) in [5.41, 5.74) is 2.54. The Kier molecular flexibility index (Phi) is 7.56. The van der Waals surface area contributed by atoms with Crippen LogP contribution in [0.5, 0.6) is 0 Å². The van der Waals surface area contributed by atoms with Crippen molar-refractivity contribution in [2.24, 2.45) is 4.99 Å². The fourth-order valence-electron chi connectivity index (χ4n) is 2.17. The maximum absolute atomic E-state index is 4.20. The molecule has 0 atom stereocenters. The first-order valence-electron chi connectivity index (χ1n) is 7.15. The number of halogens is 1. The number of nitrogens with zero attached hydrogens (tertiary/aromatic N) is 2. The molecule has 0 spiro atoms. The van der Waals surface area contributed by atoms with Crippen molar-refractivity contribution in [3.8, 4) is 0 Å². The number of benzene rings is 1. The van der Waals surface area contributed by atoms with E-state index in [2.05, 4.69) is 70.8 Å². The van der Waals surface area contributed by atoms with Gasteiger partial charge in [-0.05, 0) is 31.5 Å². The van der Waals surface area contributed by atoms with Crippen LogP contribution in [0.2, 0.25) is 0 Å². The van der Waals surface area contributed by atoms with Gasteiger partial charge < -0.3 is 15.5 Å². The molecule has 1 aromatic rings. The zero-order valence-corrected chi connectivity index (χ0v) is 15.3. The van der Waals surface area contributed by atoms with E-state index in [-0.39, 0.29) is 24.0 Å². The van der Waals surface area contributed by atoms with Crippen LogP contribution in [0.4, 0.5) is 5.69 Å². The zero-order valence-electron chi connectivity index (χ0n) is 13.0. The van der Waals surface area contributed by atoms with E-state index in [1.165, 1.54) is 11.3 Å². The van der Waals surface area contributed by atoms with Crippen molar-refractivity contribution in [3.05, 3.63) is 42.0 Å². The van der Waals surface area contributed by atoms with E-state index in [9.17, 15) is 0 Å². The van der Waals surface area contributed by atoms with Gasteiger partial charge in [-0.2, -0.15) is 0 Å². The Morgan fingerprint density at radius 3 is 2.33 bits per heavy atom. The van der Waals surface area contributed by atoms with Crippen molar-refractivity contribution in [2.75, 3.05) is 25.0 Å². The molecule has 1 aliphatic rings. The Morgan fingerprint density at radius 1 is 1.19 bits per heavy atom. The third kappa shape index (κ3) is 5.57. The normalized spacial score (nSPS) is 14.3. The van der Waals surface area contributed by atoms with Crippen LogP contribution in [-0.4, -0.2) is 32.1 Å². The van der Waals surface area contributed by atoms with E-state index >= 15 is 0 Å². The van der Waals surface area contributed by atoms with E-state index in [0.29, 0.717) is 6.04 Å². The second-order valence-corrected chi connectivity index (χ2v) is 5.27. The lowest BCUT2D eigenvalue weighted by Gasteiger charge is -2.18. The predicted octanol–water partition coefficient (Wildman–Crippen LogP) is 2.75. The minimum absolute atomic E-state index is 0. The quantitative estimate of drug-likeness (QED) is 0.354. The molecular formula is C16H25IN4. The molecule has 0 aliphatic carbocycles. The molecule has 0 bridgehead atoms. The number of rotatable bonds is 4. The number of anilines is 1. The molecule has 0 radical (unpaired) electrons. The Balaban J connectivity index is 0.00000220. The van der Waals surface area contributed by atoms with Gasteiger partial charge in [-0.15, -0.1) is 24.0 Å². The van der Waals surface area contributed by atoms with Crippen LogP contribution >= 0.6 is 24.0 Å². The predicted molar refractivity (Wildman–Crippen MR) is 102 cm³/mol. The average Bonchev–Trinajstić information content (AvgIpc) is 2.97. The summed E-state index contributed by atoms with van der Waals surface area (Å²) in [5, 5.41) is 6.60. The van der Waals surface area contributed by atoms with Crippen LogP contribution < -0.4 is 15.5 Å². The Bertz CT molecular complexity index is 472. The van der Waals surface area contributed by atoms with Crippen LogP contribution in [-0.2, 0) is 6.54 Å². The van der Waals surface area contributed by atoms with E-state index in [1.54, 1.807) is 7.05 Å². The van der Waals surface area contributed by atoms with Crippen molar-refractivity contribution < 1.29 is 0 Å². The lowest BCUT2D eigenvalue weighted by Crippen LogP contribution is -2.40. The highest BCUT2D eigenvalue weighted by atomic mass is 127. The topological polar surface area (TPSA) is 39.7 Å². The summed E-state index contributed by atoms with van der Waals surface area (Å²) in [6.45, 7) is 7.02. The minimum Gasteiger partial charge on any atom is -0.364 e. The van der Waals surface area contributed by atoms with Crippen molar-refractivity contribution in [2.45, 2.75) is 26.4 Å². The molecule has 4 nitrogen and oxygen atoms in total. The molecule has 0 aromatic heterocycles. The van der Waals surface area contributed by atoms with Crippen molar-refractivity contribution in [3.63, 3.8) is 0 Å². The van der Waals surface area contributed by atoms with Crippen molar-refractivity contribution >= 4 is 35.6 Å². The summed E-state index contributed by atoms with van der Waals surface area (Å²) in [6, 6.07) is 9.09. The summed E-state index contributed by atoms with van der Waals surface area (Å²) in [4.78, 5) is 6.55. The van der Waals surface area contributed by atoms with Crippen LogP contribution in [0.3, 0.4) is 0 Å². The molecule has 1 heterocycles. The number of nitrogens with one attached hydrogen (secondary N) is 2. The Morgan fingerprint density at radius 2 is 1.81 bits per heavy atom. The highest BCUT2D eigenvalue weighted by Crippen LogP contribution is 2.17. The summed E-state index contributed by atoms with van der Waals surface area (Å²) in [7, 11) is 1.79.